The molecule has 0 aliphatic carbocycles. The summed E-state index contributed by atoms with van der Waals surface area (Å²) >= 11 is 0. The van der Waals surface area contributed by atoms with Gasteiger partial charge in [0.2, 0.25) is 5.91 Å². The summed E-state index contributed by atoms with van der Waals surface area (Å²) < 4.78 is 10.5. The van der Waals surface area contributed by atoms with E-state index < -0.39 is 0 Å². The van der Waals surface area contributed by atoms with E-state index in [2.05, 4.69) is 5.32 Å². The summed E-state index contributed by atoms with van der Waals surface area (Å²) in [6.07, 6.45) is 1.18. The van der Waals surface area contributed by atoms with Crippen molar-refractivity contribution in [2.24, 2.45) is 0 Å². The highest BCUT2D eigenvalue weighted by Gasteiger charge is 2.06. The molecule has 0 radical (unpaired) electrons. The maximum Gasteiger partial charge on any atom is 0.220 e. The van der Waals surface area contributed by atoms with Crippen molar-refractivity contribution in [2.45, 2.75) is 25.8 Å². The van der Waals surface area contributed by atoms with Crippen molar-refractivity contribution in [3.63, 3.8) is 0 Å². The van der Waals surface area contributed by atoms with E-state index >= 15 is 0 Å². The highest BCUT2D eigenvalue weighted by atomic mass is 16.5. The number of nitrogens with one attached hydrogen (secondary N) is 1. The second-order valence-electron chi connectivity index (χ2n) is 4.19. The molecule has 1 aromatic rings. The van der Waals surface area contributed by atoms with Gasteiger partial charge in [-0.2, -0.15) is 0 Å². The molecular weight excluding hydrogens is 230 g/mol. The quantitative estimate of drug-likeness (QED) is 0.719. The number of methoxy groups -OCH3 is 1. The zero-order chi connectivity index (χ0) is 13.2. The van der Waals surface area contributed by atoms with Crippen LogP contribution in [0.5, 0.6) is 5.75 Å². The maximum atomic E-state index is 11.5. The summed E-state index contributed by atoms with van der Waals surface area (Å²) in [5, 5.41) is 2.86. The zero-order valence-electron chi connectivity index (χ0n) is 11.0. The molecule has 0 fully saturated rings. The molecule has 0 aliphatic heterocycles. The minimum Gasteiger partial charge on any atom is -0.494 e. The zero-order valence-corrected chi connectivity index (χ0v) is 11.0. The van der Waals surface area contributed by atoms with Crippen LogP contribution in [0.25, 0.3) is 0 Å². The number of hydrogen-bond acceptors (Lipinski definition) is 3. The predicted molar refractivity (Wildman–Crippen MR) is 70.7 cm³/mol. The lowest BCUT2D eigenvalue weighted by molar-refractivity contribution is -0.122. The minimum atomic E-state index is 0.0382. The Morgan fingerprint density at radius 1 is 1.33 bits per heavy atom. The minimum absolute atomic E-state index is 0.0382. The van der Waals surface area contributed by atoms with Gasteiger partial charge in [-0.25, -0.2) is 0 Å². The van der Waals surface area contributed by atoms with Gasteiger partial charge in [0.25, 0.3) is 0 Å². The van der Waals surface area contributed by atoms with Gasteiger partial charge in [0.05, 0.1) is 13.2 Å². The van der Waals surface area contributed by atoms with Crippen LogP contribution >= 0.6 is 0 Å². The fraction of sp³-hybridized carbons (Fsp3) is 0.500. The average molecular weight is 251 g/mol. The molecule has 1 amide bonds. The molecule has 0 bridgehead atoms. The van der Waals surface area contributed by atoms with Gasteiger partial charge >= 0.3 is 0 Å². The van der Waals surface area contributed by atoms with Crippen LogP contribution in [0.4, 0.5) is 0 Å². The van der Waals surface area contributed by atoms with Crippen molar-refractivity contribution in [1.82, 2.24) is 5.32 Å². The van der Waals surface area contributed by atoms with Crippen molar-refractivity contribution in [1.29, 1.82) is 0 Å². The van der Waals surface area contributed by atoms with Crippen LogP contribution in [0.2, 0.25) is 0 Å². The largest absolute Gasteiger partial charge is 0.494 e. The molecule has 100 valence electrons. The van der Waals surface area contributed by atoms with Gasteiger partial charge in [0, 0.05) is 19.6 Å². The Hall–Kier alpha value is -1.55. The summed E-state index contributed by atoms with van der Waals surface area (Å²) in [5.74, 6) is 0.877. The molecule has 0 unspecified atom stereocenters. The summed E-state index contributed by atoms with van der Waals surface area (Å²) in [7, 11) is 1.62. The summed E-state index contributed by atoms with van der Waals surface area (Å²) in [6, 6.07) is 9.65. The lowest BCUT2D eigenvalue weighted by Gasteiger charge is -2.12. The molecule has 1 atom stereocenters. The van der Waals surface area contributed by atoms with E-state index in [0.717, 1.165) is 5.75 Å². The van der Waals surface area contributed by atoms with Crippen molar-refractivity contribution in [2.75, 3.05) is 20.3 Å². The first-order chi connectivity index (χ1) is 8.72. The molecule has 18 heavy (non-hydrogen) atoms. The van der Waals surface area contributed by atoms with Gasteiger partial charge in [-0.3, -0.25) is 4.79 Å². The highest BCUT2D eigenvalue weighted by molar-refractivity contribution is 5.76. The van der Waals surface area contributed by atoms with Gasteiger partial charge in [0.15, 0.2) is 0 Å². The fourth-order valence-electron chi connectivity index (χ4n) is 1.58. The SMILES string of the molecule is COC[C@@H](C)NC(=O)CCCOc1ccccc1. The second-order valence-corrected chi connectivity index (χ2v) is 4.19. The van der Waals surface area contributed by atoms with Crippen molar-refractivity contribution in [3.05, 3.63) is 30.3 Å². The monoisotopic (exact) mass is 251 g/mol. The highest BCUT2D eigenvalue weighted by Crippen LogP contribution is 2.08. The Kier molecular flexibility index (Phi) is 6.87. The molecule has 1 N–H and O–H groups in total. The Bertz CT molecular complexity index is 340. The Morgan fingerprint density at radius 2 is 2.06 bits per heavy atom. The second kappa shape index (κ2) is 8.53. The van der Waals surface area contributed by atoms with Crippen LogP contribution in [-0.4, -0.2) is 32.3 Å². The van der Waals surface area contributed by atoms with Crippen LogP contribution in [0.3, 0.4) is 0 Å². The Labute approximate surface area is 108 Å². The van der Waals surface area contributed by atoms with Crippen LogP contribution in [0, 0.1) is 0 Å². The van der Waals surface area contributed by atoms with Gasteiger partial charge < -0.3 is 14.8 Å². The smallest absolute Gasteiger partial charge is 0.220 e. The average Bonchev–Trinajstić information content (AvgIpc) is 2.36. The van der Waals surface area contributed by atoms with E-state index in [1.165, 1.54) is 0 Å². The van der Waals surface area contributed by atoms with E-state index in [4.69, 9.17) is 9.47 Å². The van der Waals surface area contributed by atoms with Crippen molar-refractivity contribution < 1.29 is 14.3 Å². The molecule has 0 aliphatic rings. The molecule has 0 heterocycles. The normalized spacial score (nSPS) is 11.9. The number of amides is 1. The molecule has 1 rings (SSSR count). The summed E-state index contributed by atoms with van der Waals surface area (Å²) in [4.78, 5) is 11.5. The van der Waals surface area contributed by atoms with Gasteiger partial charge in [0.1, 0.15) is 5.75 Å². The van der Waals surface area contributed by atoms with E-state index in [1.807, 2.05) is 37.3 Å². The first-order valence-corrected chi connectivity index (χ1v) is 6.18. The summed E-state index contributed by atoms with van der Waals surface area (Å²) in [6.45, 7) is 3.00. The van der Waals surface area contributed by atoms with E-state index in [1.54, 1.807) is 7.11 Å². The van der Waals surface area contributed by atoms with E-state index in [0.29, 0.717) is 26.1 Å². The van der Waals surface area contributed by atoms with Crippen molar-refractivity contribution in [3.8, 4) is 5.75 Å². The molecule has 4 nitrogen and oxygen atoms in total. The van der Waals surface area contributed by atoms with Crippen LogP contribution in [-0.2, 0) is 9.53 Å². The molecule has 0 saturated carbocycles. The molecule has 4 heteroatoms. The first-order valence-electron chi connectivity index (χ1n) is 6.18. The van der Waals surface area contributed by atoms with E-state index in [-0.39, 0.29) is 11.9 Å². The van der Waals surface area contributed by atoms with Crippen molar-refractivity contribution >= 4 is 5.91 Å². The molecule has 0 saturated heterocycles. The number of hydrogen-bond donors (Lipinski definition) is 1. The number of carbonyl (C=O) groups excluding carboxylic acids is 1. The van der Waals surface area contributed by atoms with Crippen LogP contribution in [0.15, 0.2) is 30.3 Å². The van der Waals surface area contributed by atoms with Gasteiger partial charge in [-0.1, -0.05) is 18.2 Å². The third-order valence-electron chi connectivity index (χ3n) is 2.38. The Morgan fingerprint density at radius 3 is 2.72 bits per heavy atom. The lowest BCUT2D eigenvalue weighted by atomic mass is 10.2. The fourth-order valence-corrected chi connectivity index (χ4v) is 1.58. The topological polar surface area (TPSA) is 47.6 Å². The van der Waals surface area contributed by atoms with Gasteiger partial charge in [-0.05, 0) is 25.5 Å². The number of rotatable bonds is 8. The molecule has 1 aromatic carbocycles. The summed E-state index contributed by atoms with van der Waals surface area (Å²) in [5.41, 5.74) is 0. The third-order valence-corrected chi connectivity index (χ3v) is 2.38. The molecular formula is C14H21NO3. The molecule has 0 aromatic heterocycles. The van der Waals surface area contributed by atoms with Gasteiger partial charge in [-0.15, -0.1) is 0 Å². The number of carbonyl (C=O) groups is 1. The van der Waals surface area contributed by atoms with E-state index in [9.17, 15) is 4.79 Å². The maximum absolute atomic E-state index is 11.5. The predicted octanol–water partition coefficient (Wildman–Crippen LogP) is 2.00. The number of benzene rings is 1. The molecule has 0 spiro atoms. The first kappa shape index (κ1) is 14.5. The standard InChI is InChI=1S/C14H21NO3/c1-12(11-17-2)15-14(16)9-6-10-18-13-7-4-3-5-8-13/h3-5,7-8,12H,6,9-11H2,1-2H3,(H,15,16)/t12-/m1/s1. The Balaban J connectivity index is 2.09. The number of ether oxygens (including phenoxy) is 2. The third kappa shape index (κ3) is 6.25. The lowest BCUT2D eigenvalue weighted by Crippen LogP contribution is -2.35. The number of para-hydroxylation sites is 1. The van der Waals surface area contributed by atoms with Crippen LogP contribution in [0.1, 0.15) is 19.8 Å². The van der Waals surface area contributed by atoms with Crippen LogP contribution < -0.4 is 10.1 Å².